The molecule has 1 saturated heterocycles. The van der Waals surface area contributed by atoms with E-state index in [0.717, 1.165) is 50.9 Å². The van der Waals surface area contributed by atoms with E-state index < -0.39 is 0 Å². The first kappa shape index (κ1) is 15.3. The number of imidazole rings is 1. The Bertz CT molecular complexity index is 477. The van der Waals surface area contributed by atoms with E-state index >= 15 is 0 Å². The molecule has 1 aromatic heterocycles. The fraction of sp³-hybridized carbons (Fsp3) is 0.750. The fourth-order valence-corrected chi connectivity index (χ4v) is 3.70. The van der Waals surface area contributed by atoms with Crippen LogP contribution in [0.2, 0.25) is 0 Å². The Hall–Kier alpha value is -1.56. The summed E-state index contributed by atoms with van der Waals surface area (Å²) in [5, 5.41) is 3.20. The average Bonchev–Trinajstić information content (AvgIpc) is 3.09. The molecule has 6 heteroatoms. The van der Waals surface area contributed by atoms with Crippen LogP contribution in [-0.2, 0) is 4.74 Å². The Kier molecular flexibility index (Phi) is 4.97. The van der Waals surface area contributed by atoms with Crippen LogP contribution in [0, 0.1) is 0 Å². The van der Waals surface area contributed by atoms with Crippen LogP contribution in [-0.4, -0.2) is 46.7 Å². The van der Waals surface area contributed by atoms with Crippen molar-refractivity contribution in [2.45, 2.75) is 63.1 Å². The number of methoxy groups -OCH3 is 1. The minimum absolute atomic E-state index is 0.0232. The number of ether oxygens (including phenoxy) is 1. The van der Waals surface area contributed by atoms with Gasteiger partial charge < -0.3 is 19.9 Å². The maximum Gasteiger partial charge on any atom is 0.318 e. The number of aromatic nitrogens is 2. The van der Waals surface area contributed by atoms with Gasteiger partial charge in [-0.05, 0) is 32.1 Å². The second kappa shape index (κ2) is 7.13. The van der Waals surface area contributed by atoms with Crippen molar-refractivity contribution in [1.82, 2.24) is 20.2 Å². The van der Waals surface area contributed by atoms with Crippen LogP contribution >= 0.6 is 0 Å². The summed E-state index contributed by atoms with van der Waals surface area (Å²) in [5.74, 6) is 0.891. The van der Waals surface area contributed by atoms with Gasteiger partial charge in [0.05, 0.1) is 18.2 Å². The quantitative estimate of drug-likeness (QED) is 0.902. The molecule has 22 heavy (non-hydrogen) atoms. The molecule has 1 aliphatic heterocycles. The first-order valence-corrected chi connectivity index (χ1v) is 8.39. The molecule has 0 aromatic carbocycles. The van der Waals surface area contributed by atoms with Crippen LogP contribution < -0.4 is 5.32 Å². The van der Waals surface area contributed by atoms with E-state index in [-0.39, 0.29) is 24.2 Å². The Labute approximate surface area is 131 Å². The number of urea groups is 1. The molecule has 122 valence electrons. The molecule has 3 atom stereocenters. The Morgan fingerprint density at radius 1 is 1.32 bits per heavy atom. The van der Waals surface area contributed by atoms with Gasteiger partial charge in [-0.15, -0.1) is 0 Å². The molecule has 0 spiro atoms. The number of likely N-dealkylation sites (tertiary alicyclic amines) is 1. The monoisotopic (exact) mass is 306 g/mol. The molecule has 2 heterocycles. The van der Waals surface area contributed by atoms with Crippen LogP contribution in [0.1, 0.15) is 56.8 Å². The molecule has 3 rings (SSSR count). The maximum absolute atomic E-state index is 12.8. The van der Waals surface area contributed by atoms with Gasteiger partial charge in [-0.1, -0.05) is 12.8 Å². The van der Waals surface area contributed by atoms with Crippen molar-refractivity contribution >= 4 is 6.03 Å². The van der Waals surface area contributed by atoms with E-state index in [4.69, 9.17) is 4.74 Å². The third kappa shape index (κ3) is 3.27. The number of carbonyl (C=O) groups is 1. The predicted octanol–water partition coefficient (Wildman–Crippen LogP) is 2.60. The number of hydrogen-bond donors (Lipinski definition) is 2. The highest BCUT2D eigenvalue weighted by Crippen LogP contribution is 2.29. The van der Waals surface area contributed by atoms with E-state index in [2.05, 4.69) is 15.3 Å². The van der Waals surface area contributed by atoms with Crippen LogP contribution in [0.15, 0.2) is 12.4 Å². The van der Waals surface area contributed by atoms with Crippen LogP contribution in [0.4, 0.5) is 4.79 Å². The van der Waals surface area contributed by atoms with Crippen molar-refractivity contribution in [2.75, 3.05) is 13.7 Å². The maximum atomic E-state index is 12.8. The van der Waals surface area contributed by atoms with Gasteiger partial charge >= 0.3 is 6.03 Å². The lowest BCUT2D eigenvalue weighted by molar-refractivity contribution is 0.0410. The van der Waals surface area contributed by atoms with Gasteiger partial charge in [0.1, 0.15) is 5.82 Å². The average molecular weight is 306 g/mol. The smallest absolute Gasteiger partial charge is 0.318 e. The summed E-state index contributed by atoms with van der Waals surface area (Å²) in [6.07, 6.45) is 11.3. The highest BCUT2D eigenvalue weighted by molar-refractivity contribution is 5.75. The molecule has 0 radical (unpaired) electrons. The summed E-state index contributed by atoms with van der Waals surface area (Å²) in [6.45, 7) is 0.793. The number of nitrogens with zero attached hydrogens (tertiary/aromatic N) is 2. The molecule has 1 saturated carbocycles. The fourth-order valence-electron chi connectivity index (χ4n) is 3.70. The number of carbonyl (C=O) groups excluding carboxylic acids is 1. The summed E-state index contributed by atoms with van der Waals surface area (Å²) in [7, 11) is 1.74. The molecule has 0 bridgehead atoms. The van der Waals surface area contributed by atoms with Crippen molar-refractivity contribution < 1.29 is 9.53 Å². The van der Waals surface area contributed by atoms with Gasteiger partial charge in [0.2, 0.25) is 0 Å². The van der Waals surface area contributed by atoms with Crippen molar-refractivity contribution in [3.63, 3.8) is 0 Å². The third-order valence-electron chi connectivity index (χ3n) is 4.91. The van der Waals surface area contributed by atoms with E-state index in [1.165, 1.54) is 6.42 Å². The van der Waals surface area contributed by atoms with Crippen LogP contribution in [0.5, 0.6) is 0 Å². The zero-order valence-corrected chi connectivity index (χ0v) is 13.3. The van der Waals surface area contributed by atoms with Gasteiger partial charge in [0.25, 0.3) is 0 Å². The molecule has 2 aliphatic rings. The topological polar surface area (TPSA) is 70.2 Å². The highest BCUT2D eigenvalue weighted by Gasteiger charge is 2.33. The molecule has 1 aromatic rings. The van der Waals surface area contributed by atoms with Crippen molar-refractivity contribution in [2.24, 2.45) is 0 Å². The molecular formula is C16H26N4O2. The van der Waals surface area contributed by atoms with Gasteiger partial charge in [0.15, 0.2) is 0 Å². The standard InChI is InChI=1S/C16H26N4O2/c1-22-14-8-3-2-6-12(14)19-16(21)20-11-5-4-7-13(20)15-17-9-10-18-15/h9-10,12-14H,2-8,11H2,1H3,(H,17,18)(H,19,21). The number of piperidine rings is 1. The summed E-state index contributed by atoms with van der Waals surface area (Å²) >= 11 is 0. The zero-order chi connectivity index (χ0) is 15.4. The van der Waals surface area contributed by atoms with Crippen molar-refractivity contribution in [3.05, 3.63) is 18.2 Å². The number of aromatic amines is 1. The lowest BCUT2D eigenvalue weighted by Gasteiger charge is -2.37. The van der Waals surface area contributed by atoms with Crippen LogP contribution in [0.25, 0.3) is 0 Å². The minimum Gasteiger partial charge on any atom is -0.379 e. The number of hydrogen-bond acceptors (Lipinski definition) is 3. The molecule has 3 unspecified atom stereocenters. The third-order valence-corrected chi connectivity index (χ3v) is 4.91. The molecule has 6 nitrogen and oxygen atoms in total. The van der Waals surface area contributed by atoms with Crippen LogP contribution in [0.3, 0.4) is 0 Å². The first-order chi connectivity index (χ1) is 10.8. The van der Waals surface area contributed by atoms with E-state index in [0.29, 0.717) is 0 Å². The SMILES string of the molecule is COC1CCCCC1NC(=O)N1CCCCC1c1ncc[nH]1. The minimum atomic E-state index is 0.0232. The largest absolute Gasteiger partial charge is 0.379 e. The van der Waals surface area contributed by atoms with Crippen molar-refractivity contribution in [1.29, 1.82) is 0 Å². The molecule has 2 N–H and O–H groups in total. The van der Waals surface area contributed by atoms with Gasteiger partial charge in [-0.25, -0.2) is 9.78 Å². The van der Waals surface area contributed by atoms with Gasteiger partial charge in [0, 0.05) is 26.0 Å². The summed E-state index contributed by atoms with van der Waals surface area (Å²) in [4.78, 5) is 22.2. The second-order valence-electron chi connectivity index (χ2n) is 6.29. The van der Waals surface area contributed by atoms with E-state index in [9.17, 15) is 4.79 Å². The Morgan fingerprint density at radius 3 is 2.91 bits per heavy atom. The number of rotatable bonds is 3. The second-order valence-corrected chi connectivity index (χ2v) is 6.29. The predicted molar refractivity (Wildman–Crippen MR) is 83.5 cm³/mol. The molecular weight excluding hydrogens is 280 g/mol. The zero-order valence-electron chi connectivity index (χ0n) is 13.3. The Balaban J connectivity index is 1.66. The Morgan fingerprint density at radius 2 is 2.14 bits per heavy atom. The van der Waals surface area contributed by atoms with Gasteiger partial charge in [-0.3, -0.25) is 0 Å². The molecule has 2 fully saturated rings. The number of H-pyrrole nitrogens is 1. The van der Waals surface area contributed by atoms with E-state index in [1.54, 1.807) is 13.3 Å². The summed E-state index contributed by atoms with van der Waals surface area (Å²) in [5.41, 5.74) is 0. The summed E-state index contributed by atoms with van der Waals surface area (Å²) in [6, 6.07) is 0.216. The van der Waals surface area contributed by atoms with Crippen molar-refractivity contribution in [3.8, 4) is 0 Å². The number of amides is 2. The normalized spacial score (nSPS) is 29.3. The van der Waals surface area contributed by atoms with Gasteiger partial charge in [-0.2, -0.15) is 0 Å². The molecule has 2 amide bonds. The summed E-state index contributed by atoms with van der Waals surface area (Å²) < 4.78 is 5.54. The lowest BCUT2D eigenvalue weighted by Crippen LogP contribution is -2.52. The van der Waals surface area contributed by atoms with E-state index in [1.807, 2.05) is 11.1 Å². The number of nitrogens with one attached hydrogen (secondary N) is 2. The first-order valence-electron chi connectivity index (χ1n) is 8.39. The highest BCUT2D eigenvalue weighted by atomic mass is 16.5. The molecule has 1 aliphatic carbocycles. The lowest BCUT2D eigenvalue weighted by atomic mass is 9.92.